The van der Waals surface area contributed by atoms with Crippen LogP contribution < -0.4 is 5.32 Å². The third kappa shape index (κ3) is 5.54. The lowest BCUT2D eigenvalue weighted by Gasteiger charge is -2.25. The van der Waals surface area contributed by atoms with Gasteiger partial charge in [-0.1, -0.05) is 23.9 Å². The first-order chi connectivity index (χ1) is 11.9. The number of thioether (sulfide) groups is 1. The van der Waals surface area contributed by atoms with Crippen LogP contribution in [0.4, 0.5) is 4.39 Å². The summed E-state index contributed by atoms with van der Waals surface area (Å²) >= 11 is 1.35. The molecule has 1 N–H and O–H groups in total. The van der Waals surface area contributed by atoms with Crippen LogP contribution in [-0.2, 0) is 4.79 Å². The van der Waals surface area contributed by atoms with E-state index < -0.39 is 0 Å². The number of carbonyl (C=O) groups is 1. The highest BCUT2D eigenvalue weighted by atomic mass is 32.2. The van der Waals surface area contributed by atoms with Gasteiger partial charge in [-0.3, -0.25) is 4.79 Å². The molecule has 2 aromatic rings. The Labute approximate surface area is 151 Å². The third-order valence-electron chi connectivity index (χ3n) is 3.78. The molecule has 25 heavy (non-hydrogen) atoms. The first-order valence-corrected chi connectivity index (χ1v) is 9.08. The Balaban J connectivity index is 1.90. The van der Waals surface area contributed by atoms with Gasteiger partial charge < -0.3 is 14.8 Å². The summed E-state index contributed by atoms with van der Waals surface area (Å²) in [4.78, 5) is 14.1. The predicted octanol–water partition coefficient (Wildman–Crippen LogP) is 2.51. The number of nitrogens with zero attached hydrogens (tertiary/aromatic N) is 4. The van der Waals surface area contributed by atoms with Gasteiger partial charge in [0.15, 0.2) is 5.16 Å². The lowest BCUT2D eigenvalue weighted by Crippen LogP contribution is -2.35. The quantitative estimate of drug-likeness (QED) is 0.728. The van der Waals surface area contributed by atoms with Gasteiger partial charge in [-0.25, -0.2) is 4.39 Å². The van der Waals surface area contributed by atoms with Crippen LogP contribution in [0.3, 0.4) is 0 Å². The Kier molecular flexibility index (Phi) is 6.95. The molecule has 6 nitrogen and oxygen atoms in total. The molecule has 0 unspecified atom stereocenters. The second kappa shape index (κ2) is 8.96. The molecule has 1 heterocycles. The van der Waals surface area contributed by atoms with Gasteiger partial charge in [-0.15, -0.1) is 10.2 Å². The first kappa shape index (κ1) is 19.4. The summed E-state index contributed by atoms with van der Waals surface area (Å²) in [5.41, 5.74) is 0.831. The maximum Gasteiger partial charge on any atom is 0.230 e. The molecule has 136 valence electrons. The molecule has 1 aromatic carbocycles. The number of benzene rings is 1. The van der Waals surface area contributed by atoms with Crippen molar-refractivity contribution in [3.63, 3.8) is 0 Å². The number of carbonyl (C=O) groups excluding carboxylic acids is 1. The van der Waals surface area contributed by atoms with E-state index in [1.54, 1.807) is 12.4 Å². The van der Waals surface area contributed by atoms with Crippen LogP contribution in [0.2, 0.25) is 0 Å². The molecule has 0 bridgehead atoms. The Morgan fingerprint density at radius 2 is 2.16 bits per heavy atom. The lowest BCUT2D eigenvalue weighted by molar-refractivity contribution is -0.118. The zero-order valence-corrected chi connectivity index (χ0v) is 15.8. The van der Waals surface area contributed by atoms with E-state index in [0.717, 1.165) is 10.7 Å². The van der Waals surface area contributed by atoms with Crippen molar-refractivity contribution in [3.05, 3.63) is 42.0 Å². The van der Waals surface area contributed by atoms with Gasteiger partial charge >= 0.3 is 0 Å². The van der Waals surface area contributed by atoms with Crippen LogP contribution in [0.25, 0.3) is 0 Å². The van der Waals surface area contributed by atoms with E-state index in [1.165, 1.54) is 23.9 Å². The van der Waals surface area contributed by atoms with Crippen LogP contribution in [-0.4, -0.2) is 52.0 Å². The highest BCUT2D eigenvalue weighted by Crippen LogP contribution is 2.20. The molecule has 1 aromatic heterocycles. The number of amides is 1. The van der Waals surface area contributed by atoms with Crippen LogP contribution in [0.1, 0.15) is 31.5 Å². The van der Waals surface area contributed by atoms with Gasteiger partial charge in [0, 0.05) is 12.6 Å². The standard InChI is InChI=1S/C17H24FN5OS/c1-12(2)23-11-20-21-17(23)25-10-16(24)19-9-15(22(3)4)13-6-5-7-14(18)8-13/h5-8,11-12,15H,9-10H2,1-4H3,(H,19,24)/t15-/m0/s1. The van der Waals surface area contributed by atoms with Gasteiger partial charge in [0.05, 0.1) is 11.8 Å². The van der Waals surface area contributed by atoms with Crippen LogP contribution in [0.15, 0.2) is 35.7 Å². The second-order valence-electron chi connectivity index (χ2n) is 6.24. The smallest absolute Gasteiger partial charge is 0.230 e. The van der Waals surface area contributed by atoms with Gasteiger partial charge in [0.25, 0.3) is 0 Å². The van der Waals surface area contributed by atoms with Crippen molar-refractivity contribution in [1.29, 1.82) is 0 Å². The molecule has 0 spiro atoms. The second-order valence-corrected chi connectivity index (χ2v) is 7.18. The van der Waals surface area contributed by atoms with E-state index in [9.17, 15) is 9.18 Å². The van der Waals surface area contributed by atoms with E-state index in [0.29, 0.717) is 6.54 Å². The number of aromatic nitrogens is 3. The van der Waals surface area contributed by atoms with Crippen molar-refractivity contribution in [2.24, 2.45) is 0 Å². The predicted molar refractivity (Wildman–Crippen MR) is 97.0 cm³/mol. The summed E-state index contributed by atoms with van der Waals surface area (Å²) in [5.74, 6) is -0.111. The van der Waals surface area contributed by atoms with Crippen molar-refractivity contribution >= 4 is 17.7 Å². The van der Waals surface area contributed by atoms with Crippen molar-refractivity contribution in [3.8, 4) is 0 Å². The van der Waals surface area contributed by atoms with Crippen molar-refractivity contribution in [2.75, 3.05) is 26.4 Å². The number of halogens is 1. The van der Waals surface area contributed by atoms with Gasteiger partial charge in [-0.05, 0) is 45.6 Å². The van der Waals surface area contributed by atoms with Gasteiger partial charge in [-0.2, -0.15) is 0 Å². The highest BCUT2D eigenvalue weighted by Gasteiger charge is 2.16. The van der Waals surface area contributed by atoms with E-state index in [4.69, 9.17) is 0 Å². The van der Waals surface area contributed by atoms with Crippen molar-refractivity contribution in [1.82, 2.24) is 25.0 Å². The summed E-state index contributed by atoms with van der Waals surface area (Å²) in [6.07, 6.45) is 1.66. The van der Waals surface area contributed by atoms with E-state index in [2.05, 4.69) is 15.5 Å². The SMILES string of the molecule is CC(C)n1cnnc1SCC(=O)NC[C@@H](c1cccc(F)c1)N(C)C. The fraction of sp³-hybridized carbons (Fsp3) is 0.471. The highest BCUT2D eigenvalue weighted by molar-refractivity contribution is 7.99. The summed E-state index contributed by atoms with van der Waals surface area (Å²) in [7, 11) is 3.81. The summed E-state index contributed by atoms with van der Waals surface area (Å²) in [6, 6.07) is 6.60. The Hall–Kier alpha value is -1.93. The Morgan fingerprint density at radius 1 is 1.40 bits per heavy atom. The van der Waals surface area contributed by atoms with Crippen LogP contribution >= 0.6 is 11.8 Å². The van der Waals surface area contributed by atoms with Crippen molar-refractivity contribution < 1.29 is 9.18 Å². The largest absolute Gasteiger partial charge is 0.353 e. The summed E-state index contributed by atoms with van der Waals surface area (Å²) < 4.78 is 15.4. The minimum atomic E-state index is -0.278. The van der Waals surface area contributed by atoms with E-state index >= 15 is 0 Å². The molecular weight excluding hydrogens is 341 g/mol. The summed E-state index contributed by atoms with van der Waals surface area (Å²) in [5, 5.41) is 11.6. The lowest BCUT2D eigenvalue weighted by atomic mass is 10.1. The molecule has 2 rings (SSSR count). The molecule has 1 amide bonds. The maximum atomic E-state index is 13.4. The molecule has 0 aliphatic carbocycles. The van der Waals surface area contributed by atoms with Gasteiger partial charge in [0.1, 0.15) is 12.1 Å². The molecule has 0 radical (unpaired) electrons. The molecule has 8 heteroatoms. The Bertz CT molecular complexity index is 704. The molecule has 0 fully saturated rings. The van der Waals surface area contributed by atoms with E-state index in [-0.39, 0.29) is 29.6 Å². The fourth-order valence-electron chi connectivity index (χ4n) is 2.39. The van der Waals surface area contributed by atoms with E-state index in [1.807, 2.05) is 43.5 Å². The normalized spacial score (nSPS) is 12.6. The molecule has 1 atom stereocenters. The van der Waals surface area contributed by atoms with Gasteiger partial charge in [0.2, 0.25) is 5.91 Å². The monoisotopic (exact) mass is 365 g/mol. The third-order valence-corrected chi connectivity index (χ3v) is 4.74. The zero-order chi connectivity index (χ0) is 18.4. The minimum absolute atomic E-state index is 0.0911. The maximum absolute atomic E-state index is 13.4. The number of nitrogens with one attached hydrogen (secondary N) is 1. The minimum Gasteiger partial charge on any atom is -0.353 e. The average molecular weight is 365 g/mol. The topological polar surface area (TPSA) is 63.1 Å². The van der Waals surface area contributed by atoms with Crippen LogP contribution in [0, 0.1) is 5.82 Å². The summed E-state index contributed by atoms with van der Waals surface area (Å²) in [6.45, 7) is 4.48. The average Bonchev–Trinajstić information content (AvgIpc) is 3.01. The number of hydrogen-bond donors (Lipinski definition) is 1. The first-order valence-electron chi connectivity index (χ1n) is 8.09. The Morgan fingerprint density at radius 3 is 2.80 bits per heavy atom. The van der Waals surface area contributed by atoms with Crippen molar-refractivity contribution in [2.45, 2.75) is 31.1 Å². The number of hydrogen-bond acceptors (Lipinski definition) is 5. The fourth-order valence-corrected chi connectivity index (χ4v) is 3.27. The molecule has 0 aliphatic rings. The number of rotatable bonds is 8. The molecule has 0 aliphatic heterocycles. The molecule has 0 saturated heterocycles. The molecular formula is C17H24FN5OS. The van der Waals surface area contributed by atoms with Crippen LogP contribution in [0.5, 0.6) is 0 Å². The number of likely N-dealkylation sites (N-methyl/N-ethyl adjacent to an activating group) is 1. The molecule has 0 saturated carbocycles. The zero-order valence-electron chi connectivity index (χ0n) is 14.9.